The van der Waals surface area contributed by atoms with Crippen LogP contribution in [0.2, 0.25) is 0 Å². The molecule has 2 nitrogen and oxygen atoms in total. The molecule has 0 saturated carbocycles. The number of hydrogen-bond acceptors (Lipinski definition) is 3. The molecule has 4 heteroatoms. The number of carbonyl (C=O) groups is 1. The molecule has 0 spiro atoms. The number of carboxylic acids is 1. The average molecular weight is 206 g/mol. The highest BCUT2D eigenvalue weighted by atomic mass is 33.1. The molecule has 0 aliphatic carbocycles. The van der Waals surface area contributed by atoms with Crippen LogP contribution in [0.1, 0.15) is 26.2 Å². The number of hydrogen-bond donors (Lipinski definition) is 1. The van der Waals surface area contributed by atoms with Crippen LogP contribution in [0.15, 0.2) is 0 Å². The van der Waals surface area contributed by atoms with Crippen LogP contribution < -0.4 is 0 Å². The van der Waals surface area contributed by atoms with E-state index in [2.05, 4.69) is 0 Å². The fourth-order valence-electron chi connectivity index (χ4n) is 1.40. The van der Waals surface area contributed by atoms with Crippen molar-refractivity contribution in [3.05, 3.63) is 0 Å². The lowest BCUT2D eigenvalue weighted by molar-refractivity contribution is -0.141. The Kier molecular flexibility index (Phi) is 4.29. The zero-order chi connectivity index (χ0) is 8.97. The predicted octanol–water partition coefficient (Wildman–Crippen LogP) is 2.64. The van der Waals surface area contributed by atoms with E-state index >= 15 is 0 Å². The second-order valence-corrected chi connectivity index (χ2v) is 5.71. The third-order valence-corrected chi connectivity index (χ3v) is 5.04. The fraction of sp³-hybridized carbons (Fsp3) is 0.875. The molecule has 1 fully saturated rings. The van der Waals surface area contributed by atoms with Gasteiger partial charge in [-0.25, -0.2) is 0 Å². The Morgan fingerprint density at radius 2 is 2.50 bits per heavy atom. The third kappa shape index (κ3) is 2.59. The highest BCUT2D eigenvalue weighted by Crippen LogP contribution is 2.42. The molecule has 70 valence electrons. The van der Waals surface area contributed by atoms with Gasteiger partial charge in [0, 0.05) is 11.0 Å². The van der Waals surface area contributed by atoms with Gasteiger partial charge in [0.25, 0.3) is 0 Å². The van der Waals surface area contributed by atoms with Gasteiger partial charge in [0.1, 0.15) is 0 Å². The van der Waals surface area contributed by atoms with Crippen molar-refractivity contribution < 1.29 is 9.90 Å². The van der Waals surface area contributed by atoms with Crippen LogP contribution in [0.3, 0.4) is 0 Å². The summed E-state index contributed by atoms with van der Waals surface area (Å²) in [7, 11) is 3.56. The standard InChI is InChI=1S/C8H14O2S2/c1-2-3-6(8(9)10)7-4-5-11-12-7/h6-7H,2-5H2,1H3,(H,9,10). The summed E-state index contributed by atoms with van der Waals surface area (Å²) in [6.07, 6.45) is 2.86. The molecular weight excluding hydrogens is 192 g/mol. The van der Waals surface area contributed by atoms with Gasteiger partial charge in [-0.15, -0.1) is 0 Å². The van der Waals surface area contributed by atoms with Gasteiger partial charge in [-0.2, -0.15) is 0 Å². The first-order valence-electron chi connectivity index (χ1n) is 4.26. The highest BCUT2D eigenvalue weighted by molar-refractivity contribution is 8.77. The maximum Gasteiger partial charge on any atom is 0.307 e. The van der Waals surface area contributed by atoms with Crippen molar-refractivity contribution in [1.82, 2.24) is 0 Å². The maximum atomic E-state index is 10.9. The van der Waals surface area contributed by atoms with Gasteiger partial charge in [-0.1, -0.05) is 34.9 Å². The summed E-state index contributed by atoms with van der Waals surface area (Å²) in [5.74, 6) is 0.384. The Morgan fingerprint density at radius 3 is 2.92 bits per heavy atom. The first-order valence-corrected chi connectivity index (χ1v) is 6.65. The second-order valence-electron chi connectivity index (χ2n) is 2.98. The Balaban J connectivity index is 2.45. The van der Waals surface area contributed by atoms with Gasteiger partial charge in [0.05, 0.1) is 5.92 Å². The molecule has 1 saturated heterocycles. The molecular formula is C8H14O2S2. The minimum Gasteiger partial charge on any atom is -0.481 e. The molecule has 1 heterocycles. The zero-order valence-electron chi connectivity index (χ0n) is 7.16. The highest BCUT2D eigenvalue weighted by Gasteiger charge is 2.30. The van der Waals surface area contributed by atoms with Gasteiger partial charge >= 0.3 is 5.97 Å². The molecule has 2 unspecified atom stereocenters. The van der Waals surface area contributed by atoms with Crippen LogP contribution in [0, 0.1) is 5.92 Å². The fourth-order valence-corrected chi connectivity index (χ4v) is 4.56. The van der Waals surface area contributed by atoms with Crippen molar-refractivity contribution in [2.45, 2.75) is 31.4 Å². The molecule has 1 aliphatic heterocycles. The Labute approximate surface area is 80.9 Å². The van der Waals surface area contributed by atoms with Crippen LogP contribution in [0.4, 0.5) is 0 Å². The summed E-state index contributed by atoms with van der Waals surface area (Å²) in [5, 5.41) is 9.30. The Hall–Kier alpha value is 0.170. The first-order chi connectivity index (χ1) is 5.75. The summed E-state index contributed by atoms with van der Waals surface area (Å²) in [4.78, 5) is 10.9. The molecule has 0 aromatic heterocycles. The molecule has 1 N–H and O–H groups in total. The molecule has 0 aromatic carbocycles. The normalized spacial score (nSPS) is 25.6. The van der Waals surface area contributed by atoms with Crippen LogP contribution in [0.5, 0.6) is 0 Å². The monoisotopic (exact) mass is 206 g/mol. The first kappa shape index (κ1) is 10.3. The van der Waals surface area contributed by atoms with E-state index in [0.717, 1.165) is 25.0 Å². The van der Waals surface area contributed by atoms with Gasteiger partial charge in [-0.3, -0.25) is 4.79 Å². The van der Waals surface area contributed by atoms with Crippen LogP contribution in [-0.2, 0) is 4.79 Å². The molecule has 0 bridgehead atoms. The van der Waals surface area contributed by atoms with Crippen LogP contribution in [-0.4, -0.2) is 22.1 Å². The zero-order valence-corrected chi connectivity index (χ0v) is 8.79. The number of aliphatic carboxylic acids is 1. The Morgan fingerprint density at radius 1 is 1.75 bits per heavy atom. The lowest BCUT2D eigenvalue weighted by Gasteiger charge is -2.16. The number of carboxylic acid groups (broad SMARTS) is 1. The Bertz CT molecular complexity index is 155. The molecule has 12 heavy (non-hydrogen) atoms. The lowest BCUT2D eigenvalue weighted by atomic mass is 9.98. The second kappa shape index (κ2) is 5.02. The topological polar surface area (TPSA) is 37.3 Å². The average Bonchev–Trinajstić information content (AvgIpc) is 2.51. The summed E-state index contributed by atoms with van der Waals surface area (Å²) >= 11 is 0. The molecule has 2 atom stereocenters. The van der Waals surface area contributed by atoms with Gasteiger partial charge in [0.2, 0.25) is 0 Å². The van der Waals surface area contributed by atoms with E-state index in [0.29, 0.717) is 5.25 Å². The van der Waals surface area contributed by atoms with E-state index in [1.54, 1.807) is 10.8 Å². The van der Waals surface area contributed by atoms with Crippen molar-refractivity contribution in [3.63, 3.8) is 0 Å². The van der Waals surface area contributed by atoms with E-state index in [1.165, 1.54) is 0 Å². The third-order valence-electron chi connectivity index (χ3n) is 2.04. The van der Waals surface area contributed by atoms with Crippen molar-refractivity contribution in [1.29, 1.82) is 0 Å². The van der Waals surface area contributed by atoms with Gasteiger partial charge in [0.15, 0.2) is 0 Å². The van der Waals surface area contributed by atoms with E-state index in [9.17, 15) is 4.79 Å². The minimum absolute atomic E-state index is 0.116. The van der Waals surface area contributed by atoms with Crippen molar-refractivity contribution >= 4 is 27.6 Å². The summed E-state index contributed by atoms with van der Waals surface area (Å²) < 4.78 is 0. The number of rotatable bonds is 4. The van der Waals surface area contributed by atoms with E-state index in [4.69, 9.17) is 5.11 Å². The van der Waals surface area contributed by atoms with E-state index in [1.807, 2.05) is 17.7 Å². The summed E-state index contributed by atoms with van der Waals surface area (Å²) in [6, 6.07) is 0. The smallest absolute Gasteiger partial charge is 0.307 e. The van der Waals surface area contributed by atoms with Crippen molar-refractivity contribution in [3.8, 4) is 0 Å². The molecule has 0 radical (unpaired) electrons. The molecule has 1 rings (SSSR count). The van der Waals surface area contributed by atoms with Crippen molar-refractivity contribution in [2.24, 2.45) is 5.92 Å². The SMILES string of the molecule is CCCC(C(=O)O)C1CCSS1. The predicted molar refractivity (Wildman–Crippen MR) is 54.5 cm³/mol. The van der Waals surface area contributed by atoms with E-state index in [-0.39, 0.29) is 5.92 Å². The van der Waals surface area contributed by atoms with Crippen molar-refractivity contribution in [2.75, 3.05) is 5.75 Å². The molecule has 0 aromatic rings. The van der Waals surface area contributed by atoms with Gasteiger partial charge in [-0.05, 0) is 12.8 Å². The van der Waals surface area contributed by atoms with Crippen LogP contribution in [0.25, 0.3) is 0 Å². The van der Waals surface area contributed by atoms with Gasteiger partial charge < -0.3 is 5.11 Å². The molecule has 0 amide bonds. The maximum absolute atomic E-state index is 10.9. The quantitative estimate of drug-likeness (QED) is 0.717. The molecule has 1 aliphatic rings. The minimum atomic E-state index is -0.614. The van der Waals surface area contributed by atoms with E-state index < -0.39 is 5.97 Å². The lowest BCUT2D eigenvalue weighted by Crippen LogP contribution is -2.23. The van der Waals surface area contributed by atoms with Crippen LogP contribution >= 0.6 is 21.6 Å². The summed E-state index contributed by atoms with van der Waals surface area (Å²) in [6.45, 7) is 2.04. The largest absolute Gasteiger partial charge is 0.481 e. The summed E-state index contributed by atoms with van der Waals surface area (Å²) in [5.41, 5.74) is 0.